The van der Waals surface area contributed by atoms with Crippen molar-refractivity contribution >= 4 is 22.6 Å². The van der Waals surface area contributed by atoms with Crippen molar-refractivity contribution in [2.45, 2.75) is 25.8 Å². The zero-order chi connectivity index (χ0) is 15.0. The van der Waals surface area contributed by atoms with Crippen LogP contribution in [-0.4, -0.2) is 19.7 Å². The van der Waals surface area contributed by atoms with Crippen LogP contribution in [0.3, 0.4) is 0 Å². The van der Waals surface area contributed by atoms with E-state index in [1.807, 2.05) is 23.6 Å². The van der Waals surface area contributed by atoms with Gasteiger partial charge < -0.3 is 4.57 Å². The molecule has 0 saturated heterocycles. The molecular weight excluding hydrogens is 291 g/mol. The van der Waals surface area contributed by atoms with Crippen LogP contribution in [0, 0.1) is 12.7 Å². The molecule has 0 amide bonds. The zero-order valence-corrected chi connectivity index (χ0v) is 12.5. The van der Waals surface area contributed by atoms with Gasteiger partial charge in [-0.1, -0.05) is 0 Å². The second-order valence-corrected chi connectivity index (χ2v) is 5.63. The molecule has 3 rings (SSSR count). The molecular formula is C15H14ClFN4. The Labute approximate surface area is 126 Å². The van der Waals surface area contributed by atoms with E-state index in [1.54, 1.807) is 19.2 Å². The molecule has 0 fully saturated rings. The minimum atomic E-state index is -0.280. The molecule has 0 aliphatic carbocycles. The lowest BCUT2D eigenvalue weighted by Gasteiger charge is -2.10. The Bertz CT molecular complexity index is 783. The van der Waals surface area contributed by atoms with Crippen molar-refractivity contribution in [2.24, 2.45) is 0 Å². The number of aromatic nitrogens is 4. The Balaban J connectivity index is 2.18. The minimum Gasteiger partial charge on any atom is -0.321 e. The van der Waals surface area contributed by atoms with Crippen molar-refractivity contribution in [3.63, 3.8) is 0 Å². The Morgan fingerprint density at radius 2 is 2.19 bits per heavy atom. The van der Waals surface area contributed by atoms with Gasteiger partial charge in [0, 0.05) is 12.3 Å². The van der Waals surface area contributed by atoms with Gasteiger partial charge >= 0.3 is 0 Å². The van der Waals surface area contributed by atoms with Crippen molar-refractivity contribution in [1.82, 2.24) is 19.7 Å². The van der Waals surface area contributed by atoms with Crippen molar-refractivity contribution in [3.8, 4) is 0 Å². The van der Waals surface area contributed by atoms with Gasteiger partial charge in [0.1, 0.15) is 11.6 Å². The lowest BCUT2D eigenvalue weighted by molar-refractivity contribution is 0.620. The number of rotatable bonds is 3. The molecule has 1 unspecified atom stereocenters. The molecule has 3 aromatic rings. The maximum absolute atomic E-state index is 13.7. The number of fused-ring (bicyclic) bond motifs is 1. The summed E-state index contributed by atoms with van der Waals surface area (Å²) in [5, 5.41) is 7.68. The molecule has 0 spiro atoms. The summed E-state index contributed by atoms with van der Waals surface area (Å²) in [4.78, 5) is 4.45. The van der Waals surface area contributed by atoms with E-state index < -0.39 is 0 Å². The predicted octanol–water partition coefficient (Wildman–Crippen LogP) is 3.62. The molecule has 0 saturated carbocycles. The summed E-state index contributed by atoms with van der Waals surface area (Å²) in [6.45, 7) is 4.08. The number of benzene rings is 1. The fraction of sp³-hybridized carbons (Fsp3) is 0.267. The van der Waals surface area contributed by atoms with Crippen LogP contribution in [0.15, 0.2) is 30.5 Å². The highest BCUT2D eigenvalue weighted by Crippen LogP contribution is 2.27. The standard InChI is InChI=1S/C15H14ClFN4/c1-9-6-14-13(7-12(9)17)19-15(10(2)16)21(14)8-11-4-3-5-18-20-11/h3-7,10H,8H2,1-2H3. The second kappa shape index (κ2) is 5.41. The molecule has 1 atom stereocenters. The SMILES string of the molecule is Cc1cc2c(cc1F)nc(C(C)Cl)n2Cc1cccnn1. The summed E-state index contributed by atoms with van der Waals surface area (Å²) in [6.07, 6.45) is 1.63. The van der Waals surface area contributed by atoms with Crippen molar-refractivity contribution < 1.29 is 4.39 Å². The number of nitrogens with zero attached hydrogens (tertiary/aromatic N) is 4. The topological polar surface area (TPSA) is 43.6 Å². The third kappa shape index (κ3) is 2.61. The van der Waals surface area contributed by atoms with Crippen LogP contribution in [0.1, 0.15) is 29.4 Å². The van der Waals surface area contributed by atoms with Gasteiger partial charge in [0.25, 0.3) is 0 Å². The Morgan fingerprint density at radius 3 is 2.86 bits per heavy atom. The molecule has 0 aliphatic rings. The number of aryl methyl sites for hydroxylation is 1. The quantitative estimate of drug-likeness (QED) is 0.694. The molecule has 2 heterocycles. The van der Waals surface area contributed by atoms with Gasteiger partial charge in [0.15, 0.2) is 0 Å². The molecule has 6 heteroatoms. The van der Waals surface area contributed by atoms with Crippen molar-refractivity contribution in [2.75, 3.05) is 0 Å². The van der Waals surface area contributed by atoms with Gasteiger partial charge in [0.05, 0.1) is 28.6 Å². The fourth-order valence-corrected chi connectivity index (χ4v) is 2.48. The van der Waals surface area contributed by atoms with Crippen molar-refractivity contribution in [1.29, 1.82) is 0 Å². The molecule has 0 aliphatic heterocycles. The predicted molar refractivity (Wildman–Crippen MR) is 79.8 cm³/mol. The first-order valence-electron chi connectivity index (χ1n) is 6.63. The normalized spacial score (nSPS) is 12.8. The largest absolute Gasteiger partial charge is 0.321 e. The van der Waals surface area contributed by atoms with E-state index in [0.717, 1.165) is 11.2 Å². The van der Waals surface area contributed by atoms with Gasteiger partial charge in [-0.25, -0.2) is 9.37 Å². The van der Waals surface area contributed by atoms with Gasteiger partial charge in [-0.15, -0.1) is 11.6 Å². The highest BCUT2D eigenvalue weighted by atomic mass is 35.5. The van der Waals surface area contributed by atoms with Crippen LogP contribution in [-0.2, 0) is 6.54 Å². The van der Waals surface area contributed by atoms with Crippen LogP contribution in [0.2, 0.25) is 0 Å². The molecule has 0 radical (unpaired) electrons. The molecule has 1 aromatic carbocycles. The first kappa shape index (κ1) is 13.9. The maximum atomic E-state index is 13.7. The van der Waals surface area contributed by atoms with Crippen molar-refractivity contribution in [3.05, 3.63) is 53.4 Å². The highest BCUT2D eigenvalue weighted by molar-refractivity contribution is 6.20. The lowest BCUT2D eigenvalue weighted by Crippen LogP contribution is -2.07. The molecule has 2 aromatic heterocycles. The second-order valence-electron chi connectivity index (χ2n) is 4.98. The van der Waals surface area contributed by atoms with E-state index in [9.17, 15) is 4.39 Å². The zero-order valence-electron chi connectivity index (χ0n) is 11.7. The summed E-state index contributed by atoms with van der Waals surface area (Å²) < 4.78 is 15.7. The van der Waals surface area contributed by atoms with E-state index in [0.29, 0.717) is 23.4 Å². The molecule has 108 valence electrons. The number of hydrogen-bond acceptors (Lipinski definition) is 3. The first-order chi connectivity index (χ1) is 10.1. The summed E-state index contributed by atoms with van der Waals surface area (Å²) >= 11 is 6.21. The number of imidazole rings is 1. The number of alkyl halides is 1. The molecule has 0 bridgehead atoms. The maximum Gasteiger partial charge on any atom is 0.128 e. The van der Waals surface area contributed by atoms with Gasteiger partial charge in [-0.05, 0) is 37.6 Å². The van der Waals surface area contributed by atoms with Crippen LogP contribution in [0.25, 0.3) is 11.0 Å². The van der Waals surface area contributed by atoms with Crippen LogP contribution < -0.4 is 0 Å². The van der Waals surface area contributed by atoms with E-state index in [-0.39, 0.29) is 11.2 Å². The Hall–Kier alpha value is -2.01. The lowest BCUT2D eigenvalue weighted by atomic mass is 10.2. The Kier molecular flexibility index (Phi) is 3.59. The summed E-state index contributed by atoms with van der Waals surface area (Å²) in [5.41, 5.74) is 2.83. The average molecular weight is 305 g/mol. The first-order valence-corrected chi connectivity index (χ1v) is 7.07. The fourth-order valence-electron chi connectivity index (χ4n) is 2.32. The van der Waals surface area contributed by atoms with Crippen LogP contribution >= 0.6 is 11.6 Å². The van der Waals surface area contributed by atoms with E-state index in [2.05, 4.69) is 15.2 Å². The third-order valence-corrected chi connectivity index (χ3v) is 3.56. The van der Waals surface area contributed by atoms with Crippen LogP contribution in [0.5, 0.6) is 0 Å². The highest BCUT2D eigenvalue weighted by Gasteiger charge is 2.17. The third-order valence-electron chi connectivity index (χ3n) is 3.36. The van der Waals surface area contributed by atoms with Crippen LogP contribution in [0.4, 0.5) is 4.39 Å². The van der Waals surface area contributed by atoms with E-state index in [1.165, 1.54) is 6.07 Å². The summed E-state index contributed by atoms with van der Waals surface area (Å²) in [6, 6.07) is 6.95. The number of halogens is 2. The Morgan fingerprint density at radius 1 is 1.38 bits per heavy atom. The smallest absolute Gasteiger partial charge is 0.128 e. The summed E-state index contributed by atoms with van der Waals surface area (Å²) in [7, 11) is 0. The van der Waals surface area contributed by atoms with E-state index in [4.69, 9.17) is 11.6 Å². The molecule has 4 nitrogen and oxygen atoms in total. The summed E-state index contributed by atoms with van der Waals surface area (Å²) in [5.74, 6) is 0.433. The molecule has 21 heavy (non-hydrogen) atoms. The van der Waals surface area contributed by atoms with Gasteiger partial charge in [-0.3, -0.25) is 0 Å². The monoisotopic (exact) mass is 304 g/mol. The minimum absolute atomic E-state index is 0.263. The number of hydrogen-bond donors (Lipinski definition) is 0. The average Bonchev–Trinajstić information content (AvgIpc) is 2.79. The van der Waals surface area contributed by atoms with Gasteiger partial charge in [0.2, 0.25) is 0 Å². The van der Waals surface area contributed by atoms with E-state index >= 15 is 0 Å². The van der Waals surface area contributed by atoms with Gasteiger partial charge in [-0.2, -0.15) is 10.2 Å². The molecule has 0 N–H and O–H groups in total.